The standard InChI is InChI=1S/C24H34BN5O4.C2H6/c1-23(2)24(3,4)34-25(33-23)17-12-20(22(31)28(5)14-17)27-21-7-6-18(13-26-21)29-8-10-30(11-9-29)19-15-32-16-19;1-2/h6-7,12-14,19H,8-11,15-16H2,1-5H3,(H,26,27);1-2H3. The Morgan fingerprint density at radius 1 is 1.03 bits per heavy atom. The van der Waals surface area contributed by atoms with Crippen LogP contribution in [0.1, 0.15) is 41.5 Å². The lowest BCUT2D eigenvalue weighted by atomic mass is 9.80. The highest BCUT2D eigenvalue weighted by atomic mass is 16.7. The van der Waals surface area contributed by atoms with Gasteiger partial charge < -0.3 is 28.8 Å². The first-order valence-corrected chi connectivity index (χ1v) is 13.0. The summed E-state index contributed by atoms with van der Waals surface area (Å²) in [6.45, 7) is 17.8. The number of piperazine rings is 1. The number of nitrogens with zero attached hydrogens (tertiary/aromatic N) is 4. The molecule has 2 aromatic heterocycles. The number of ether oxygens (including phenoxy) is 1. The molecule has 3 fully saturated rings. The van der Waals surface area contributed by atoms with Crippen molar-refractivity contribution in [2.75, 3.05) is 49.6 Å². The highest BCUT2D eigenvalue weighted by molar-refractivity contribution is 6.62. The summed E-state index contributed by atoms with van der Waals surface area (Å²) in [5.41, 5.74) is 1.28. The van der Waals surface area contributed by atoms with Gasteiger partial charge in [-0.1, -0.05) is 13.8 Å². The van der Waals surface area contributed by atoms with E-state index >= 15 is 0 Å². The zero-order valence-corrected chi connectivity index (χ0v) is 22.7. The molecule has 10 heteroatoms. The normalized spacial score (nSPS) is 21.5. The number of nitrogens with one attached hydrogen (secondary N) is 1. The van der Waals surface area contributed by atoms with Crippen molar-refractivity contribution in [2.45, 2.75) is 58.8 Å². The van der Waals surface area contributed by atoms with Crippen LogP contribution in [0.15, 0.2) is 35.4 Å². The van der Waals surface area contributed by atoms with Gasteiger partial charge >= 0.3 is 7.12 Å². The van der Waals surface area contributed by atoms with Crippen LogP contribution in [0.2, 0.25) is 0 Å². The number of aryl methyl sites for hydroxylation is 1. The molecule has 0 saturated carbocycles. The maximum atomic E-state index is 12.8. The van der Waals surface area contributed by atoms with E-state index in [-0.39, 0.29) is 5.56 Å². The van der Waals surface area contributed by atoms with Crippen molar-refractivity contribution in [3.05, 3.63) is 40.9 Å². The van der Waals surface area contributed by atoms with Gasteiger partial charge in [0.15, 0.2) is 0 Å². The molecule has 3 aliphatic heterocycles. The van der Waals surface area contributed by atoms with Gasteiger partial charge in [0.1, 0.15) is 11.5 Å². The lowest BCUT2D eigenvalue weighted by molar-refractivity contribution is -0.0660. The van der Waals surface area contributed by atoms with Crippen molar-refractivity contribution in [1.82, 2.24) is 14.5 Å². The fourth-order valence-corrected chi connectivity index (χ4v) is 4.50. The third-order valence-corrected chi connectivity index (χ3v) is 7.56. The quantitative estimate of drug-likeness (QED) is 0.631. The summed E-state index contributed by atoms with van der Waals surface area (Å²) < 4.78 is 19.2. The molecule has 0 bridgehead atoms. The van der Waals surface area contributed by atoms with Crippen LogP contribution >= 0.6 is 0 Å². The average molecular weight is 497 g/mol. The van der Waals surface area contributed by atoms with E-state index in [1.54, 1.807) is 23.9 Å². The van der Waals surface area contributed by atoms with Crippen LogP contribution in [-0.4, -0.2) is 78.2 Å². The van der Waals surface area contributed by atoms with Crippen LogP contribution in [-0.2, 0) is 21.1 Å². The molecule has 9 nitrogen and oxygen atoms in total. The van der Waals surface area contributed by atoms with Crippen molar-refractivity contribution >= 4 is 29.8 Å². The van der Waals surface area contributed by atoms with Gasteiger partial charge in [0.05, 0.1) is 42.3 Å². The molecule has 196 valence electrons. The molecule has 0 aliphatic carbocycles. The summed E-state index contributed by atoms with van der Waals surface area (Å²) in [6, 6.07) is 6.36. The molecule has 36 heavy (non-hydrogen) atoms. The molecule has 3 saturated heterocycles. The largest absolute Gasteiger partial charge is 0.496 e. The van der Waals surface area contributed by atoms with E-state index in [0.717, 1.165) is 50.5 Å². The summed E-state index contributed by atoms with van der Waals surface area (Å²) >= 11 is 0. The highest BCUT2D eigenvalue weighted by Crippen LogP contribution is 2.36. The molecule has 5 heterocycles. The number of aromatic nitrogens is 2. The molecule has 3 aliphatic rings. The topological polar surface area (TPSA) is 81.1 Å². The van der Waals surface area contributed by atoms with E-state index < -0.39 is 18.3 Å². The number of pyridine rings is 2. The number of anilines is 3. The molecule has 0 spiro atoms. The first kappa shape index (κ1) is 26.7. The Morgan fingerprint density at radius 3 is 2.19 bits per heavy atom. The summed E-state index contributed by atoms with van der Waals surface area (Å²) in [5.74, 6) is 0.622. The van der Waals surface area contributed by atoms with E-state index in [9.17, 15) is 4.79 Å². The number of hydrogen-bond acceptors (Lipinski definition) is 8. The van der Waals surface area contributed by atoms with Gasteiger partial charge in [-0.3, -0.25) is 9.69 Å². The van der Waals surface area contributed by atoms with Gasteiger partial charge in [-0.2, -0.15) is 0 Å². The van der Waals surface area contributed by atoms with E-state index in [2.05, 4.69) is 26.2 Å². The third-order valence-electron chi connectivity index (χ3n) is 7.56. The van der Waals surface area contributed by atoms with Gasteiger partial charge in [-0.05, 0) is 45.9 Å². The molecular weight excluding hydrogens is 457 g/mol. The molecule has 1 N–H and O–H groups in total. The maximum Gasteiger partial charge on any atom is 0.496 e. The van der Waals surface area contributed by atoms with Crippen molar-refractivity contribution < 1.29 is 14.0 Å². The van der Waals surface area contributed by atoms with Crippen LogP contribution in [0.4, 0.5) is 17.2 Å². The summed E-state index contributed by atoms with van der Waals surface area (Å²) in [6.07, 6.45) is 3.63. The smallest absolute Gasteiger partial charge is 0.399 e. The molecule has 2 aromatic rings. The maximum absolute atomic E-state index is 12.8. The Balaban J connectivity index is 0.00000148. The molecule has 0 unspecified atom stereocenters. The summed E-state index contributed by atoms with van der Waals surface area (Å²) in [5, 5.41) is 3.19. The molecule has 0 amide bonds. The van der Waals surface area contributed by atoms with E-state index in [1.807, 2.05) is 53.8 Å². The second-order valence-corrected chi connectivity index (χ2v) is 10.4. The predicted molar refractivity (Wildman–Crippen MR) is 145 cm³/mol. The van der Waals surface area contributed by atoms with Gasteiger partial charge in [0.2, 0.25) is 0 Å². The van der Waals surface area contributed by atoms with Gasteiger partial charge in [-0.25, -0.2) is 4.98 Å². The van der Waals surface area contributed by atoms with Crippen molar-refractivity contribution in [3.8, 4) is 0 Å². The molecule has 0 radical (unpaired) electrons. The molecule has 5 rings (SSSR count). The van der Waals surface area contributed by atoms with Crippen molar-refractivity contribution in [1.29, 1.82) is 0 Å². The van der Waals surface area contributed by atoms with Crippen LogP contribution in [0.3, 0.4) is 0 Å². The van der Waals surface area contributed by atoms with Crippen LogP contribution in [0, 0.1) is 0 Å². The lowest BCUT2D eigenvalue weighted by Gasteiger charge is -2.43. The van der Waals surface area contributed by atoms with Crippen molar-refractivity contribution in [2.24, 2.45) is 7.05 Å². The zero-order valence-electron chi connectivity index (χ0n) is 22.7. The Bertz CT molecular complexity index is 1080. The lowest BCUT2D eigenvalue weighted by Crippen LogP contribution is -2.56. The Morgan fingerprint density at radius 2 is 1.67 bits per heavy atom. The number of rotatable bonds is 5. The van der Waals surface area contributed by atoms with Crippen LogP contribution in [0.5, 0.6) is 0 Å². The SMILES string of the molecule is CC.Cn1cc(B2OC(C)(C)C(C)(C)O2)cc(Nc2ccc(N3CCN(C4COC4)CC3)cn2)c1=O. The first-order valence-electron chi connectivity index (χ1n) is 13.0. The monoisotopic (exact) mass is 497 g/mol. The fraction of sp³-hybridized carbons (Fsp3) is 0.615. The third kappa shape index (κ3) is 5.32. The van der Waals surface area contributed by atoms with Gasteiger partial charge in [0.25, 0.3) is 5.56 Å². The first-order chi connectivity index (χ1) is 17.1. The minimum atomic E-state index is -0.544. The van der Waals surface area contributed by atoms with Gasteiger partial charge in [-0.15, -0.1) is 0 Å². The predicted octanol–water partition coefficient (Wildman–Crippen LogP) is 2.37. The second kappa shape index (κ2) is 10.5. The Hall–Kier alpha value is -2.40. The van der Waals surface area contributed by atoms with E-state index in [0.29, 0.717) is 17.5 Å². The average Bonchev–Trinajstić information content (AvgIpc) is 3.05. The Kier molecular flexibility index (Phi) is 7.80. The highest BCUT2D eigenvalue weighted by Gasteiger charge is 2.52. The van der Waals surface area contributed by atoms with Crippen LogP contribution < -0.4 is 21.2 Å². The van der Waals surface area contributed by atoms with Gasteiger partial charge in [0, 0.05) is 44.9 Å². The van der Waals surface area contributed by atoms with E-state index in [4.69, 9.17) is 14.0 Å². The summed E-state index contributed by atoms with van der Waals surface area (Å²) in [4.78, 5) is 22.2. The van der Waals surface area contributed by atoms with E-state index in [1.165, 1.54) is 0 Å². The zero-order chi connectivity index (χ0) is 26.1. The van der Waals surface area contributed by atoms with Crippen LogP contribution in [0.25, 0.3) is 0 Å². The Labute approximate surface area is 214 Å². The minimum absolute atomic E-state index is 0.137. The summed E-state index contributed by atoms with van der Waals surface area (Å²) in [7, 11) is 1.19. The minimum Gasteiger partial charge on any atom is -0.399 e. The van der Waals surface area contributed by atoms with Crippen molar-refractivity contribution in [3.63, 3.8) is 0 Å². The molecule has 0 aromatic carbocycles. The second-order valence-electron chi connectivity index (χ2n) is 10.4. The number of hydrogen-bond donors (Lipinski definition) is 1. The molecular formula is C26H40BN5O4. The molecule has 0 atom stereocenters. The fourth-order valence-electron chi connectivity index (χ4n) is 4.50.